The normalized spacial score (nSPS) is 10.1. The summed E-state index contributed by atoms with van der Waals surface area (Å²) in [4.78, 5) is 26.5. The highest BCUT2D eigenvalue weighted by molar-refractivity contribution is 9.10. The number of amides is 2. The Morgan fingerprint density at radius 1 is 1.40 bits per heavy atom. The molecule has 1 aromatic carbocycles. The highest BCUT2D eigenvalue weighted by Crippen LogP contribution is 2.21. The van der Waals surface area contributed by atoms with Gasteiger partial charge in [-0.25, -0.2) is 9.59 Å². The molecular formula is C11H9BrN4O4. The number of carbonyl (C=O) groups excluding carboxylic acids is 1. The monoisotopic (exact) mass is 340 g/mol. The molecule has 0 saturated carbocycles. The molecule has 0 radical (unpaired) electrons. The molecule has 0 spiro atoms. The van der Waals surface area contributed by atoms with Crippen LogP contribution in [-0.2, 0) is 6.54 Å². The van der Waals surface area contributed by atoms with Crippen LogP contribution in [0, 0.1) is 0 Å². The summed E-state index contributed by atoms with van der Waals surface area (Å²) in [6, 6.07) is 3.89. The first-order valence-corrected chi connectivity index (χ1v) is 6.18. The predicted molar refractivity (Wildman–Crippen MR) is 71.3 cm³/mol. The Kier molecular flexibility index (Phi) is 4.31. The standard InChI is InChI=1S/C11H9BrN4O4/c12-6-1-2-7(10(17)18)8(3-6)15-11(19)13-4-9-14-5-20-16-9/h1-3,5H,4H2,(H,17,18)(H2,13,15,19). The molecule has 0 aliphatic rings. The molecule has 2 rings (SSSR count). The third-order valence-electron chi connectivity index (χ3n) is 2.27. The summed E-state index contributed by atoms with van der Waals surface area (Å²) < 4.78 is 5.16. The Bertz CT molecular complexity index is 629. The van der Waals surface area contributed by atoms with Crippen LogP contribution < -0.4 is 10.6 Å². The number of hydrogen-bond acceptors (Lipinski definition) is 5. The van der Waals surface area contributed by atoms with E-state index in [-0.39, 0.29) is 17.8 Å². The first-order chi connectivity index (χ1) is 9.56. The number of rotatable bonds is 4. The first kappa shape index (κ1) is 14.0. The van der Waals surface area contributed by atoms with Crippen molar-refractivity contribution in [2.75, 3.05) is 5.32 Å². The lowest BCUT2D eigenvalue weighted by molar-refractivity contribution is 0.0698. The van der Waals surface area contributed by atoms with Gasteiger partial charge in [-0.2, -0.15) is 4.98 Å². The van der Waals surface area contributed by atoms with Gasteiger partial charge in [-0.15, -0.1) is 0 Å². The molecule has 9 heteroatoms. The van der Waals surface area contributed by atoms with E-state index in [9.17, 15) is 9.59 Å². The lowest BCUT2D eigenvalue weighted by Gasteiger charge is -2.09. The van der Waals surface area contributed by atoms with Gasteiger partial charge in [0.1, 0.15) is 0 Å². The fraction of sp³-hybridized carbons (Fsp3) is 0.0909. The van der Waals surface area contributed by atoms with E-state index in [4.69, 9.17) is 5.11 Å². The fourth-order valence-electron chi connectivity index (χ4n) is 1.40. The van der Waals surface area contributed by atoms with Crippen molar-refractivity contribution in [1.82, 2.24) is 15.5 Å². The highest BCUT2D eigenvalue weighted by atomic mass is 79.9. The maximum Gasteiger partial charge on any atom is 0.337 e. The van der Waals surface area contributed by atoms with Crippen LogP contribution in [-0.4, -0.2) is 27.2 Å². The van der Waals surface area contributed by atoms with E-state index in [1.807, 2.05) is 0 Å². The topological polar surface area (TPSA) is 117 Å². The molecular weight excluding hydrogens is 332 g/mol. The van der Waals surface area contributed by atoms with E-state index in [0.717, 1.165) is 6.39 Å². The largest absolute Gasteiger partial charge is 0.478 e. The van der Waals surface area contributed by atoms with E-state index < -0.39 is 12.0 Å². The van der Waals surface area contributed by atoms with Crippen molar-refractivity contribution >= 4 is 33.6 Å². The summed E-state index contributed by atoms with van der Waals surface area (Å²) in [5.74, 6) is -0.821. The summed E-state index contributed by atoms with van der Waals surface area (Å²) in [5.41, 5.74) is 0.167. The highest BCUT2D eigenvalue weighted by Gasteiger charge is 2.13. The van der Waals surface area contributed by atoms with Gasteiger partial charge in [-0.05, 0) is 18.2 Å². The number of carbonyl (C=O) groups is 2. The van der Waals surface area contributed by atoms with Crippen LogP contribution in [0.2, 0.25) is 0 Å². The number of nitrogens with zero attached hydrogens (tertiary/aromatic N) is 2. The number of urea groups is 1. The Morgan fingerprint density at radius 3 is 2.85 bits per heavy atom. The summed E-state index contributed by atoms with van der Waals surface area (Å²) in [7, 11) is 0. The lowest BCUT2D eigenvalue weighted by atomic mass is 10.2. The number of anilines is 1. The van der Waals surface area contributed by atoms with Gasteiger partial charge in [-0.3, -0.25) is 0 Å². The molecule has 0 saturated heterocycles. The molecule has 0 aliphatic carbocycles. The lowest BCUT2D eigenvalue weighted by Crippen LogP contribution is -2.29. The predicted octanol–water partition coefficient (Wildman–Crippen LogP) is 1.85. The molecule has 3 N–H and O–H groups in total. The second kappa shape index (κ2) is 6.15. The Morgan fingerprint density at radius 2 is 2.20 bits per heavy atom. The van der Waals surface area contributed by atoms with Gasteiger partial charge in [0.25, 0.3) is 0 Å². The summed E-state index contributed by atoms with van der Waals surface area (Å²) in [5, 5.41) is 17.5. The van der Waals surface area contributed by atoms with E-state index in [0.29, 0.717) is 10.3 Å². The molecule has 8 nitrogen and oxygen atoms in total. The van der Waals surface area contributed by atoms with Gasteiger partial charge in [0.2, 0.25) is 6.39 Å². The molecule has 1 heterocycles. The minimum atomic E-state index is -1.13. The zero-order chi connectivity index (χ0) is 14.5. The number of nitrogens with one attached hydrogen (secondary N) is 2. The molecule has 2 aromatic rings. The second-order valence-corrected chi connectivity index (χ2v) is 4.57. The van der Waals surface area contributed by atoms with Crippen LogP contribution in [0.15, 0.2) is 33.6 Å². The number of aromatic nitrogens is 2. The second-order valence-electron chi connectivity index (χ2n) is 3.65. The average molecular weight is 341 g/mol. The molecule has 20 heavy (non-hydrogen) atoms. The number of benzene rings is 1. The maximum atomic E-state index is 11.7. The van der Waals surface area contributed by atoms with Gasteiger partial charge in [0.15, 0.2) is 5.82 Å². The van der Waals surface area contributed by atoms with Crippen LogP contribution in [0.25, 0.3) is 0 Å². The molecule has 2 amide bonds. The summed E-state index contributed by atoms with van der Waals surface area (Å²) in [6.45, 7) is 0.0682. The Hall–Kier alpha value is -2.42. The van der Waals surface area contributed by atoms with Gasteiger partial charge in [0, 0.05) is 4.47 Å². The van der Waals surface area contributed by atoms with E-state index in [2.05, 4.69) is 41.2 Å². The summed E-state index contributed by atoms with van der Waals surface area (Å²) in [6.07, 6.45) is 1.14. The number of halogens is 1. The number of hydrogen-bond donors (Lipinski definition) is 3. The first-order valence-electron chi connectivity index (χ1n) is 5.39. The Balaban J connectivity index is 2.03. The summed E-state index contributed by atoms with van der Waals surface area (Å²) >= 11 is 3.21. The fourth-order valence-corrected chi connectivity index (χ4v) is 1.76. The average Bonchev–Trinajstić information content (AvgIpc) is 2.89. The molecule has 104 valence electrons. The van der Waals surface area contributed by atoms with Crippen LogP contribution in [0.4, 0.5) is 10.5 Å². The van der Waals surface area contributed by atoms with Crippen molar-refractivity contribution in [1.29, 1.82) is 0 Å². The van der Waals surface area contributed by atoms with Gasteiger partial charge in [-0.1, -0.05) is 21.1 Å². The van der Waals surface area contributed by atoms with Crippen LogP contribution in [0.1, 0.15) is 16.2 Å². The van der Waals surface area contributed by atoms with Crippen LogP contribution in [0.3, 0.4) is 0 Å². The number of carboxylic acids is 1. The van der Waals surface area contributed by atoms with Crippen molar-refractivity contribution < 1.29 is 19.2 Å². The smallest absolute Gasteiger partial charge is 0.337 e. The van der Waals surface area contributed by atoms with Crippen molar-refractivity contribution in [2.24, 2.45) is 0 Å². The quantitative estimate of drug-likeness (QED) is 0.781. The van der Waals surface area contributed by atoms with Crippen molar-refractivity contribution in [3.8, 4) is 0 Å². The molecule has 1 aromatic heterocycles. The van der Waals surface area contributed by atoms with E-state index in [1.165, 1.54) is 12.1 Å². The third kappa shape index (κ3) is 3.54. The third-order valence-corrected chi connectivity index (χ3v) is 2.77. The van der Waals surface area contributed by atoms with E-state index in [1.54, 1.807) is 6.07 Å². The molecule has 0 bridgehead atoms. The van der Waals surface area contributed by atoms with Crippen LogP contribution in [0.5, 0.6) is 0 Å². The van der Waals surface area contributed by atoms with Crippen molar-refractivity contribution in [2.45, 2.75) is 6.54 Å². The molecule has 0 unspecified atom stereocenters. The van der Waals surface area contributed by atoms with Crippen LogP contribution >= 0.6 is 15.9 Å². The molecule has 0 atom stereocenters. The van der Waals surface area contributed by atoms with Gasteiger partial charge < -0.3 is 20.3 Å². The molecule has 0 aliphatic heterocycles. The zero-order valence-corrected chi connectivity index (χ0v) is 11.5. The van der Waals surface area contributed by atoms with Gasteiger partial charge >= 0.3 is 12.0 Å². The minimum Gasteiger partial charge on any atom is -0.478 e. The minimum absolute atomic E-state index is 0.0112. The van der Waals surface area contributed by atoms with Crippen molar-refractivity contribution in [3.63, 3.8) is 0 Å². The van der Waals surface area contributed by atoms with Crippen molar-refractivity contribution in [3.05, 3.63) is 40.5 Å². The van der Waals surface area contributed by atoms with Gasteiger partial charge in [0.05, 0.1) is 17.8 Å². The maximum absolute atomic E-state index is 11.7. The molecule has 0 fully saturated rings. The zero-order valence-electron chi connectivity index (χ0n) is 9.96. The Labute approximate surface area is 121 Å². The number of aromatic carboxylic acids is 1. The van der Waals surface area contributed by atoms with E-state index >= 15 is 0 Å². The SMILES string of the molecule is O=C(NCc1ncon1)Nc1cc(Br)ccc1C(=O)O. The number of carboxylic acid groups (broad SMARTS) is 1.